The molecule has 1 saturated heterocycles. The van der Waals surface area contributed by atoms with Gasteiger partial charge in [-0.2, -0.15) is 0 Å². The molecule has 0 bridgehead atoms. The summed E-state index contributed by atoms with van der Waals surface area (Å²) >= 11 is 2.25. The van der Waals surface area contributed by atoms with Crippen molar-refractivity contribution in [3.05, 3.63) is 27.8 Å². The minimum Gasteiger partial charge on any atom is -0.381 e. The molecule has 1 aliphatic heterocycles. The highest BCUT2D eigenvalue weighted by atomic mass is 127. The molecule has 0 spiro atoms. The van der Waals surface area contributed by atoms with E-state index in [1.165, 1.54) is 3.57 Å². The molecule has 98 valence electrons. The normalized spacial score (nSPS) is 16.5. The lowest BCUT2D eigenvalue weighted by atomic mass is 9.95. The number of benzene rings is 1. The Kier molecular flexibility index (Phi) is 5.44. The summed E-state index contributed by atoms with van der Waals surface area (Å²) in [5.41, 5.74) is 0.882. The van der Waals surface area contributed by atoms with Crippen LogP contribution in [0, 0.1) is 9.49 Å². The Hall–Kier alpha value is -0.620. The van der Waals surface area contributed by atoms with Crippen molar-refractivity contribution in [1.29, 1.82) is 0 Å². The Morgan fingerprint density at radius 1 is 1.28 bits per heavy atom. The summed E-state index contributed by atoms with van der Waals surface area (Å²) in [5, 5.41) is 2.94. The molecule has 1 aliphatic rings. The standard InChI is InChI=1S/C14H18INO2/c15-12-2-4-13(5-3-12)16-14(17)6-1-11-7-9-18-10-8-11/h2-5,11H,1,6-10H2,(H,16,17). The zero-order valence-corrected chi connectivity index (χ0v) is 12.5. The van der Waals surface area contributed by atoms with Crippen LogP contribution in [-0.2, 0) is 9.53 Å². The number of ether oxygens (including phenoxy) is 1. The minimum atomic E-state index is 0.114. The van der Waals surface area contributed by atoms with E-state index >= 15 is 0 Å². The monoisotopic (exact) mass is 359 g/mol. The van der Waals surface area contributed by atoms with Gasteiger partial charge in [-0.3, -0.25) is 4.79 Å². The number of carbonyl (C=O) groups is 1. The lowest BCUT2D eigenvalue weighted by Gasteiger charge is -2.21. The first-order valence-corrected chi connectivity index (χ1v) is 7.45. The van der Waals surface area contributed by atoms with E-state index in [0.717, 1.165) is 38.2 Å². The lowest BCUT2D eigenvalue weighted by molar-refractivity contribution is -0.116. The fourth-order valence-electron chi connectivity index (χ4n) is 2.13. The smallest absolute Gasteiger partial charge is 0.224 e. The van der Waals surface area contributed by atoms with Gasteiger partial charge in [0.25, 0.3) is 0 Å². The molecule has 1 amide bonds. The SMILES string of the molecule is O=C(CCC1CCOCC1)Nc1ccc(I)cc1. The Bertz CT molecular complexity index is 385. The Morgan fingerprint density at radius 2 is 1.94 bits per heavy atom. The molecule has 2 rings (SSSR count). The second kappa shape index (κ2) is 7.09. The highest BCUT2D eigenvalue weighted by Gasteiger charge is 2.15. The van der Waals surface area contributed by atoms with Crippen LogP contribution in [0.15, 0.2) is 24.3 Å². The molecule has 0 saturated carbocycles. The average molecular weight is 359 g/mol. The average Bonchev–Trinajstić information content (AvgIpc) is 2.40. The van der Waals surface area contributed by atoms with Crippen molar-refractivity contribution in [3.8, 4) is 0 Å². The predicted octanol–water partition coefficient (Wildman–Crippen LogP) is 3.44. The number of rotatable bonds is 4. The van der Waals surface area contributed by atoms with Gasteiger partial charge < -0.3 is 10.1 Å². The summed E-state index contributed by atoms with van der Waals surface area (Å²) < 4.78 is 6.49. The van der Waals surface area contributed by atoms with Crippen LogP contribution in [0.25, 0.3) is 0 Å². The van der Waals surface area contributed by atoms with Gasteiger partial charge >= 0.3 is 0 Å². The summed E-state index contributed by atoms with van der Waals surface area (Å²) in [6, 6.07) is 7.87. The van der Waals surface area contributed by atoms with Crippen molar-refractivity contribution in [2.24, 2.45) is 5.92 Å². The Balaban J connectivity index is 1.73. The van der Waals surface area contributed by atoms with Crippen LogP contribution in [0.2, 0.25) is 0 Å². The topological polar surface area (TPSA) is 38.3 Å². The first-order chi connectivity index (χ1) is 8.74. The van der Waals surface area contributed by atoms with Crippen molar-refractivity contribution in [2.75, 3.05) is 18.5 Å². The van der Waals surface area contributed by atoms with Gasteiger partial charge in [0.05, 0.1) is 0 Å². The van der Waals surface area contributed by atoms with Crippen LogP contribution in [0.1, 0.15) is 25.7 Å². The molecule has 18 heavy (non-hydrogen) atoms. The van der Waals surface area contributed by atoms with E-state index in [0.29, 0.717) is 12.3 Å². The maximum absolute atomic E-state index is 11.8. The Morgan fingerprint density at radius 3 is 2.61 bits per heavy atom. The minimum absolute atomic E-state index is 0.114. The van der Waals surface area contributed by atoms with Crippen LogP contribution in [0.5, 0.6) is 0 Å². The largest absolute Gasteiger partial charge is 0.381 e. The third kappa shape index (κ3) is 4.57. The molecule has 1 heterocycles. The number of hydrogen-bond donors (Lipinski definition) is 1. The van der Waals surface area contributed by atoms with Gasteiger partial charge in [0.2, 0.25) is 5.91 Å². The molecule has 0 aliphatic carbocycles. The van der Waals surface area contributed by atoms with E-state index in [-0.39, 0.29) is 5.91 Å². The van der Waals surface area contributed by atoms with Crippen LogP contribution < -0.4 is 5.32 Å². The summed E-state index contributed by atoms with van der Waals surface area (Å²) in [7, 11) is 0. The molecule has 0 radical (unpaired) electrons. The number of hydrogen-bond acceptors (Lipinski definition) is 2. The van der Waals surface area contributed by atoms with Crippen molar-refractivity contribution in [2.45, 2.75) is 25.7 Å². The second-order valence-electron chi connectivity index (χ2n) is 4.65. The first-order valence-electron chi connectivity index (χ1n) is 6.37. The maximum Gasteiger partial charge on any atom is 0.224 e. The van der Waals surface area contributed by atoms with Crippen molar-refractivity contribution >= 4 is 34.2 Å². The van der Waals surface area contributed by atoms with Gasteiger partial charge in [-0.25, -0.2) is 0 Å². The number of anilines is 1. The fourth-order valence-corrected chi connectivity index (χ4v) is 2.49. The number of halogens is 1. The maximum atomic E-state index is 11.8. The molecule has 1 aromatic rings. The Labute approximate surface area is 121 Å². The summed E-state index contributed by atoms with van der Waals surface area (Å²) in [4.78, 5) is 11.8. The van der Waals surface area contributed by atoms with E-state index < -0.39 is 0 Å². The molecular weight excluding hydrogens is 341 g/mol. The molecule has 0 aromatic heterocycles. The summed E-state index contributed by atoms with van der Waals surface area (Å²) in [6.07, 6.45) is 3.77. The van der Waals surface area contributed by atoms with E-state index in [1.807, 2.05) is 24.3 Å². The van der Waals surface area contributed by atoms with E-state index in [4.69, 9.17) is 4.74 Å². The molecule has 1 aromatic carbocycles. The third-order valence-corrected chi connectivity index (χ3v) is 3.97. The molecule has 1 N–H and O–H groups in total. The van der Waals surface area contributed by atoms with Crippen LogP contribution in [0.4, 0.5) is 5.69 Å². The van der Waals surface area contributed by atoms with Gasteiger partial charge in [-0.05, 0) is 72.0 Å². The predicted molar refractivity (Wildman–Crippen MR) is 80.6 cm³/mol. The molecule has 4 heteroatoms. The first kappa shape index (κ1) is 13.8. The third-order valence-electron chi connectivity index (χ3n) is 3.25. The summed E-state index contributed by atoms with van der Waals surface area (Å²) in [5.74, 6) is 0.768. The van der Waals surface area contributed by atoms with Crippen molar-refractivity contribution < 1.29 is 9.53 Å². The van der Waals surface area contributed by atoms with E-state index in [1.54, 1.807) is 0 Å². The number of nitrogens with one attached hydrogen (secondary N) is 1. The molecule has 0 atom stereocenters. The van der Waals surface area contributed by atoms with Gasteiger partial charge in [0, 0.05) is 28.9 Å². The van der Waals surface area contributed by atoms with Gasteiger partial charge in [0.15, 0.2) is 0 Å². The lowest BCUT2D eigenvalue weighted by Crippen LogP contribution is -2.18. The van der Waals surface area contributed by atoms with Gasteiger partial charge in [-0.15, -0.1) is 0 Å². The zero-order valence-electron chi connectivity index (χ0n) is 10.3. The van der Waals surface area contributed by atoms with Crippen molar-refractivity contribution in [3.63, 3.8) is 0 Å². The molecule has 0 unspecified atom stereocenters. The number of amides is 1. The van der Waals surface area contributed by atoms with Crippen LogP contribution >= 0.6 is 22.6 Å². The molecule has 3 nitrogen and oxygen atoms in total. The second-order valence-corrected chi connectivity index (χ2v) is 5.90. The molecule has 1 fully saturated rings. The van der Waals surface area contributed by atoms with Gasteiger partial charge in [0.1, 0.15) is 0 Å². The highest BCUT2D eigenvalue weighted by Crippen LogP contribution is 2.20. The van der Waals surface area contributed by atoms with Crippen LogP contribution in [0.3, 0.4) is 0 Å². The quantitative estimate of drug-likeness (QED) is 0.837. The van der Waals surface area contributed by atoms with E-state index in [9.17, 15) is 4.79 Å². The molecular formula is C14H18INO2. The van der Waals surface area contributed by atoms with Gasteiger partial charge in [-0.1, -0.05) is 0 Å². The van der Waals surface area contributed by atoms with E-state index in [2.05, 4.69) is 27.9 Å². The fraction of sp³-hybridized carbons (Fsp3) is 0.500. The zero-order chi connectivity index (χ0) is 12.8. The highest BCUT2D eigenvalue weighted by molar-refractivity contribution is 14.1. The summed E-state index contributed by atoms with van der Waals surface area (Å²) in [6.45, 7) is 1.70. The van der Waals surface area contributed by atoms with Crippen molar-refractivity contribution in [1.82, 2.24) is 0 Å². The van der Waals surface area contributed by atoms with Crippen LogP contribution in [-0.4, -0.2) is 19.1 Å². The number of carbonyl (C=O) groups excluding carboxylic acids is 1.